The van der Waals surface area contributed by atoms with Gasteiger partial charge in [-0.3, -0.25) is 9.55 Å². The normalized spacial score (nSPS) is 32.7. The summed E-state index contributed by atoms with van der Waals surface area (Å²) in [6, 6.07) is 0. The maximum absolute atomic E-state index is 11.8. The summed E-state index contributed by atoms with van der Waals surface area (Å²) in [7, 11) is 0. The summed E-state index contributed by atoms with van der Waals surface area (Å²) >= 11 is 6.27. The molecule has 4 atom stereocenters. The first-order chi connectivity index (χ1) is 9.43. The number of hydrogen-bond donors (Lipinski definition) is 3. The molecule has 1 aromatic rings. The topological polar surface area (TPSA) is 117 Å². The Morgan fingerprint density at radius 1 is 1.65 bits per heavy atom. The number of aliphatic hydroxyl groups excluding tert-OH is 2. The molecular weight excluding hydrogens is 290 g/mol. The van der Waals surface area contributed by atoms with Gasteiger partial charge in [-0.25, -0.2) is 9.59 Å². The fourth-order valence-electron chi connectivity index (χ4n) is 2.02. The smallest absolute Gasteiger partial charge is 0.350 e. The number of H-pyrrole nitrogens is 1. The molecule has 0 bridgehead atoms. The van der Waals surface area contributed by atoms with E-state index in [-0.39, 0.29) is 0 Å². The Morgan fingerprint density at radius 3 is 2.90 bits per heavy atom. The predicted molar refractivity (Wildman–Crippen MR) is 68.2 cm³/mol. The van der Waals surface area contributed by atoms with Crippen molar-refractivity contribution in [3.8, 4) is 11.8 Å². The van der Waals surface area contributed by atoms with Crippen LogP contribution < -0.4 is 11.4 Å². The zero-order valence-electron chi connectivity index (χ0n) is 10.4. The lowest BCUT2D eigenvalue weighted by Crippen LogP contribution is -2.44. The molecule has 1 fully saturated rings. The molecule has 2 heterocycles. The SMILES string of the molecule is CC#CC1(Cl)C(n2cnc(=O)[nH]c2=O)OC(CO)[C@@H]1O. The first-order valence-corrected chi connectivity index (χ1v) is 6.06. The van der Waals surface area contributed by atoms with Crippen LogP contribution in [0.2, 0.25) is 0 Å². The number of halogens is 1. The molecule has 0 radical (unpaired) electrons. The van der Waals surface area contributed by atoms with E-state index in [2.05, 4.69) is 16.8 Å². The Morgan fingerprint density at radius 2 is 2.35 bits per heavy atom. The van der Waals surface area contributed by atoms with Crippen molar-refractivity contribution >= 4 is 11.6 Å². The van der Waals surface area contributed by atoms with Crippen LogP contribution >= 0.6 is 11.6 Å². The maximum atomic E-state index is 11.8. The highest BCUT2D eigenvalue weighted by atomic mass is 35.5. The van der Waals surface area contributed by atoms with E-state index in [1.807, 2.05) is 4.98 Å². The van der Waals surface area contributed by atoms with Crippen LogP contribution in [-0.4, -0.2) is 48.4 Å². The lowest BCUT2D eigenvalue weighted by molar-refractivity contribution is -0.0468. The largest absolute Gasteiger partial charge is 0.394 e. The predicted octanol–water partition coefficient (Wildman–Crippen LogP) is -1.82. The Labute approximate surface area is 118 Å². The highest BCUT2D eigenvalue weighted by molar-refractivity contribution is 6.27. The van der Waals surface area contributed by atoms with Gasteiger partial charge in [0.15, 0.2) is 11.1 Å². The van der Waals surface area contributed by atoms with Crippen LogP contribution in [0.4, 0.5) is 0 Å². The van der Waals surface area contributed by atoms with E-state index in [0.717, 1.165) is 10.9 Å². The van der Waals surface area contributed by atoms with E-state index in [9.17, 15) is 14.7 Å². The van der Waals surface area contributed by atoms with Gasteiger partial charge in [0.2, 0.25) is 0 Å². The van der Waals surface area contributed by atoms with Crippen LogP contribution in [0.1, 0.15) is 13.2 Å². The average Bonchev–Trinajstić information content (AvgIpc) is 2.63. The Balaban J connectivity index is 2.55. The van der Waals surface area contributed by atoms with Gasteiger partial charge in [-0.1, -0.05) is 17.5 Å². The standard InChI is InChI=1S/C11H12ClN3O5/c1-2-3-11(12)7(17)6(4-16)20-8(11)15-5-13-9(18)14-10(15)19/h5-8,16-17H,4H2,1H3,(H,14,18,19)/t6?,7-,8?,11?/m0/s1. The van der Waals surface area contributed by atoms with Gasteiger partial charge < -0.3 is 14.9 Å². The molecule has 3 unspecified atom stereocenters. The molecule has 0 aromatic carbocycles. The first kappa shape index (κ1) is 14.7. The van der Waals surface area contributed by atoms with E-state index in [1.165, 1.54) is 6.92 Å². The molecule has 8 nitrogen and oxygen atoms in total. The minimum absolute atomic E-state index is 0.497. The summed E-state index contributed by atoms with van der Waals surface area (Å²) in [5.41, 5.74) is -1.62. The van der Waals surface area contributed by atoms with E-state index in [1.54, 1.807) is 0 Å². The van der Waals surface area contributed by atoms with Gasteiger partial charge in [0, 0.05) is 0 Å². The molecule has 9 heteroatoms. The van der Waals surface area contributed by atoms with Crippen molar-refractivity contribution in [2.24, 2.45) is 0 Å². The summed E-state index contributed by atoms with van der Waals surface area (Å²) in [6.45, 7) is 1.01. The number of aromatic amines is 1. The molecule has 20 heavy (non-hydrogen) atoms. The van der Waals surface area contributed by atoms with Gasteiger partial charge in [0.25, 0.3) is 0 Å². The number of nitrogens with zero attached hydrogens (tertiary/aromatic N) is 2. The highest BCUT2D eigenvalue weighted by Gasteiger charge is 2.55. The summed E-state index contributed by atoms with van der Waals surface area (Å²) in [5.74, 6) is 5.12. The van der Waals surface area contributed by atoms with Crippen molar-refractivity contribution in [2.45, 2.75) is 30.2 Å². The van der Waals surface area contributed by atoms with Gasteiger partial charge >= 0.3 is 11.4 Å². The molecule has 0 saturated carbocycles. The monoisotopic (exact) mass is 301 g/mol. The molecular formula is C11H12ClN3O5. The van der Waals surface area contributed by atoms with Crippen LogP contribution in [0.25, 0.3) is 0 Å². The first-order valence-electron chi connectivity index (χ1n) is 5.68. The minimum atomic E-state index is -1.63. The molecule has 2 rings (SSSR count). The van der Waals surface area contributed by atoms with Crippen molar-refractivity contribution in [2.75, 3.05) is 6.61 Å². The van der Waals surface area contributed by atoms with Crippen molar-refractivity contribution in [1.82, 2.24) is 14.5 Å². The second-order valence-electron chi connectivity index (χ2n) is 4.18. The van der Waals surface area contributed by atoms with E-state index in [4.69, 9.17) is 21.4 Å². The molecule has 0 amide bonds. The molecule has 1 aliphatic heterocycles. The van der Waals surface area contributed by atoms with Gasteiger partial charge in [0.05, 0.1) is 6.61 Å². The summed E-state index contributed by atoms with van der Waals surface area (Å²) < 4.78 is 6.28. The molecule has 1 saturated heterocycles. The fourth-order valence-corrected chi connectivity index (χ4v) is 2.41. The number of alkyl halides is 1. The van der Waals surface area contributed by atoms with Gasteiger partial charge in [-0.2, -0.15) is 4.98 Å². The lowest BCUT2D eigenvalue weighted by Gasteiger charge is -2.25. The third kappa shape index (κ3) is 2.25. The van der Waals surface area contributed by atoms with Crippen LogP contribution in [-0.2, 0) is 4.74 Å². The quantitative estimate of drug-likeness (QED) is 0.437. The second-order valence-corrected chi connectivity index (χ2v) is 4.81. The van der Waals surface area contributed by atoms with Crippen molar-refractivity contribution in [1.29, 1.82) is 0 Å². The number of aliphatic hydroxyl groups is 2. The number of ether oxygens (including phenoxy) is 1. The minimum Gasteiger partial charge on any atom is -0.394 e. The molecule has 108 valence electrons. The molecule has 0 spiro atoms. The molecule has 3 N–H and O–H groups in total. The molecule has 1 aromatic heterocycles. The zero-order valence-corrected chi connectivity index (χ0v) is 11.2. The van der Waals surface area contributed by atoms with E-state index >= 15 is 0 Å². The summed E-state index contributed by atoms with van der Waals surface area (Å²) in [4.78, 5) is 26.4. The van der Waals surface area contributed by atoms with Crippen LogP contribution in [0.3, 0.4) is 0 Å². The Bertz CT molecular complexity index is 675. The fraction of sp³-hybridized carbons (Fsp3) is 0.545. The zero-order chi connectivity index (χ0) is 14.9. The van der Waals surface area contributed by atoms with Crippen molar-refractivity contribution in [3.63, 3.8) is 0 Å². The third-order valence-corrected chi connectivity index (χ3v) is 3.45. The van der Waals surface area contributed by atoms with Gasteiger partial charge in [-0.15, -0.1) is 5.92 Å². The van der Waals surface area contributed by atoms with Gasteiger partial charge in [-0.05, 0) is 6.92 Å². The maximum Gasteiger partial charge on any atom is 0.350 e. The Hall–Kier alpha value is -1.66. The third-order valence-electron chi connectivity index (χ3n) is 2.94. The highest BCUT2D eigenvalue weighted by Crippen LogP contribution is 2.42. The molecule has 0 aliphatic carbocycles. The van der Waals surface area contributed by atoms with Gasteiger partial charge in [0.1, 0.15) is 18.5 Å². The van der Waals surface area contributed by atoms with E-state index < -0.39 is 41.3 Å². The average molecular weight is 302 g/mol. The van der Waals surface area contributed by atoms with Crippen LogP contribution in [0.5, 0.6) is 0 Å². The van der Waals surface area contributed by atoms with E-state index in [0.29, 0.717) is 0 Å². The van der Waals surface area contributed by atoms with Crippen molar-refractivity contribution in [3.05, 3.63) is 27.3 Å². The molecule has 1 aliphatic rings. The van der Waals surface area contributed by atoms with Crippen LogP contribution in [0, 0.1) is 11.8 Å². The lowest BCUT2D eigenvalue weighted by atomic mass is 9.99. The number of rotatable bonds is 2. The van der Waals surface area contributed by atoms with Crippen molar-refractivity contribution < 1.29 is 14.9 Å². The Kier molecular flexibility index (Phi) is 3.96. The number of aromatic nitrogens is 3. The number of nitrogens with one attached hydrogen (secondary N) is 1. The summed E-state index contributed by atoms with van der Waals surface area (Å²) in [5, 5.41) is 19.3. The van der Waals surface area contributed by atoms with Crippen LogP contribution in [0.15, 0.2) is 15.9 Å². The number of hydrogen-bond acceptors (Lipinski definition) is 6. The summed E-state index contributed by atoms with van der Waals surface area (Å²) in [6.07, 6.45) is -2.56. The second kappa shape index (κ2) is 5.38.